The number of aromatic nitrogens is 1. The second-order valence-corrected chi connectivity index (χ2v) is 8.68. The minimum absolute atomic E-state index is 0.316. The van der Waals surface area contributed by atoms with Crippen LogP contribution in [0, 0.1) is 12.8 Å². The quantitative estimate of drug-likeness (QED) is 0.398. The van der Waals surface area contributed by atoms with E-state index in [1.807, 2.05) is 30.3 Å². The molecule has 2 amide bonds. The smallest absolute Gasteiger partial charge is 0.412 e. The molecule has 1 saturated carbocycles. The van der Waals surface area contributed by atoms with Gasteiger partial charge in [0.1, 0.15) is 23.5 Å². The molecule has 3 N–H and O–H groups in total. The number of hydrogen-bond donors (Lipinski definition) is 3. The minimum Gasteiger partial charge on any atom is -0.480 e. The van der Waals surface area contributed by atoms with Crippen LogP contribution in [0.2, 0.25) is 0 Å². The maximum absolute atomic E-state index is 12.6. The lowest BCUT2D eigenvalue weighted by atomic mass is 10.1. The van der Waals surface area contributed by atoms with E-state index in [1.54, 1.807) is 38.1 Å². The zero-order chi connectivity index (χ0) is 24.9. The van der Waals surface area contributed by atoms with Gasteiger partial charge in [-0.25, -0.2) is 9.59 Å². The fraction of sp³-hybridized carbons (Fsp3) is 0.308. The van der Waals surface area contributed by atoms with E-state index in [2.05, 4.69) is 15.8 Å². The molecule has 2 atom stereocenters. The van der Waals surface area contributed by atoms with Gasteiger partial charge >= 0.3 is 12.1 Å². The second-order valence-electron chi connectivity index (χ2n) is 8.68. The number of nitrogens with one attached hydrogen (secondary N) is 2. The first-order chi connectivity index (χ1) is 16.8. The van der Waals surface area contributed by atoms with Crippen molar-refractivity contribution in [2.75, 3.05) is 5.32 Å². The third-order valence-electron chi connectivity index (χ3n) is 5.92. The van der Waals surface area contributed by atoms with E-state index in [-0.39, 0.29) is 0 Å². The first kappa shape index (κ1) is 24.0. The van der Waals surface area contributed by atoms with Crippen LogP contribution >= 0.6 is 0 Å². The average molecular weight is 478 g/mol. The normalized spacial score (nSPS) is 14.6. The molecule has 1 aromatic heterocycles. The Morgan fingerprint density at radius 2 is 1.80 bits per heavy atom. The number of aliphatic carboxylic acids is 1. The van der Waals surface area contributed by atoms with Gasteiger partial charge in [0.15, 0.2) is 5.76 Å². The summed E-state index contributed by atoms with van der Waals surface area (Å²) in [5.74, 6) is -0.823. The third kappa shape index (κ3) is 6.06. The number of amides is 2. The van der Waals surface area contributed by atoms with E-state index >= 15 is 0 Å². The molecule has 1 fully saturated rings. The highest BCUT2D eigenvalue weighted by atomic mass is 16.6. The van der Waals surface area contributed by atoms with Gasteiger partial charge in [-0.15, -0.1) is 0 Å². The predicted octanol–water partition coefficient (Wildman–Crippen LogP) is 4.94. The first-order valence-corrected chi connectivity index (χ1v) is 11.4. The van der Waals surface area contributed by atoms with Crippen LogP contribution in [0.1, 0.15) is 53.9 Å². The van der Waals surface area contributed by atoms with Gasteiger partial charge in [-0.2, -0.15) is 0 Å². The molecule has 1 heterocycles. The number of carbonyl (C=O) groups is 3. The van der Waals surface area contributed by atoms with Crippen molar-refractivity contribution in [3.05, 3.63) is 71.4 Å². The summed E-state index contributed by atoms with van der Waals surface area (Å²) >= 11 is 0. The van der Waals surface area contributed by atoms with Crippen molar-refractivity contribution in [1.82, 2.24) is 10.5 Å². The van der Waals surface area contributed by atoms with Crippen molar-refractivity contribution in [3.63, 3.8) is 0 Å². The summed E-state index contributed by atoms with van der Waals surface area (Å²) in [6, 6.07) is 14.9. The molecule has 2 unspecified atom stereocenters. The Morgan fingerprint density at radius 3 is 2.43 bits per heavy atom. The zero-order valence-electron chi connectivity index (χ0n) is 19.5. The number of hydrogen-bond acceptors (Lipinski definition) is 6. The monoisotopic (exact) mass is 477 g/mol. The molecule has 2 aromatic carbocycles. The van der Waals surface area contributed by atoms with Gasteiger partial charge < -0.3 is 19.7 Å². The number of aryl methyl sites for hydroxylation is 1. The number of ether oxygens (including phenoxy) is 1. The molecule has 0 spiro atoms. The Bertz CT molecular complexity index is 1200. The lowest BCUT2D eigenvalue weighted by Gasteiger charge is -2.15. The molecule has 1 aliphatic carbocycles. The molecule has 0 aliphatic heterocycles. The van der Waals surface area contributed by atoms with Gasteiger partial charge in [-0.05, 0) is 43.9 Å². The number of rotatable bonds is 9. The lowest BCUT2D eigenvalue weighted by Crippen LogP contribution is -2.41. The van der Waals surface area contributed by atoms with Gasteiger partial charge in [0.05, 0.1) is 0 Å². The standard InChI is InChI=1S/C26H27N3O6/c1-15-22(28-26(33)34-16(2)18-6-4-3-5-7-18)23(35-29-15)19-10-12-20(13-11-19)24(30)27-21(25(31)32)14-17-8-9-17/h3-7,10-13,16-17,21H,8-9,14H2,1-2H3,(H,27,30)(H,28,33)(H,31,32). The van der Waals surface area contributed by atoms with Gasteiger partial charge in [0.25, 0.3) is 5.91 Å². The van der Waals surface area contributed by atoms with Crippen LogP contribution in [0.4, 0.5) is 10.5 Å². The Balaban J connectivity index is 1.43. The van der Waals surface area contributed by atoms with E-state index in [0.29, 0.717) is 40.6 Å². The van der Waals surface area contributed by atoms with Crippen LogP contribution in [0.5, 0.6) is 0 Å². The van der Waals surface area contributed by atoms with Crippen molar-refractivity contribution < 1.29 is 28.8 Å². The van der Waals surface area contributed by atoms with Gasteiger partial charge in [-0.1, -0.05) is 60.5 Å². The van der Waals surface area contributed by atoms with E-state index in [4.69, 9.17) is 9.26 Å². The minimum atomic E-state index is -1.04. The van der Waals surface area contributed by atoms with E-state index in [9.17, 15) is 19.5 Å². The molecule has 182 valence electrons. The van der Waals surface area contributed by atoms with Crippen LogP contribution in [-0.4, -0.2) is 34.3 Å². The summed E-state index contributed by atoms with van der Waals surface area (Å²) in [4.78, 5) is 36.5. The molecule has 9 heteroatoms. The van der Waals surface area contributed by atoms with E-state index in [0.717, 1.165) is 18.4 Å². The van der Waals surface area contributed by atoms with Gasteiger partial charge in [-0.3, -0.25) is 10.1 Å². The fourth-order valence-corrected chi connectivity index (χ4v) is 3.72. The summed E-state index contributed by atoms with van der Waals surface area (Å²) in [6.45, 7) is 3.47. The summed E-state index contributed by atoms with van der Waals surface area (Å²) in [5, 5.41) is 18.6. The van der Waals surface area contributed by atoms with Crippen molar-refractivity contribution in [3.8, 4) is 11.3 Å². The van der Waals surface area contributed by atoms with Crippen molar-refractivity contribution >= 4 is 23.7 Å². The number of nitrogens with zero attached hydrogens (tertiary/aromatic N) is 1. The number of carboxylic acids is 1. The van der Waals surface area contributed by atoms with Gasteiger partial charge in [0.2, 0.25) is 0 Å². The summed E-state index contributed by atoms with van der Waals surface area (Å²) in [7, 11) is 0. The molecule has 1 aliphatic rings. The molecule has 0 bridgehead atoms. The molecular formula is C26H27N3O6. The molecule has 35 heavy (non-hydrogen) atoms. The average Bonchev–Trinajstić information content (AvgIpc) is 3.60. The molecule has 0 radical (unpaired) electrons. The predicted molar refractivity (Wildman–Crippen MR) is 128 cm³/mol. The lowest BCUT2D eigenvalue weighted by molar-refractivity contribution is -0.139. The van der Waals surface area contributed by atoms with E-state index in [1.165, 1.54) is 0 Å². The Labute approximate surface area is 202 Å². The molecule has 4 rings (SSSR count). The first-order valence-electron chi connectivity index (χ1n) is 11.4. The Morgan fingerprint density at radius 1 is 1.11 bits per heavy atom. The van der Waals surface area contributed by atoms with Gasteiger partial charge in [0, 0.05) is 11.1 Å². The third-order valence-corrected chi connectivity index (χ3v) is 5.92. The number of carboxylic acid groups (broad SMARTS) is 1. The second kappa shape index (κ2) is 10.4. The van der Waals surface area contributed by atoms with Crippen LogP contribution < -0.4 is 10.6 Å². The SMILES string of the molecule is Cc1noc(-c2ccc(C(=O)NC(CC3CC3)C(=O)O)cc2)c1NC(=O)OC(C)c1ccccc1. The Kier molecular flexibility index (Phi) is 7.14. The maximum atomic E-state index is 12.6. The van der Waals surface area contributed by atoms with Crippen molar-refractivity contribution in [1.29, 1.82) is 0 Å². The van der Waals surface area contributed by atoms with Crippen LogP contribution in [0.15, 0.2) is 59.1 Å². The van der Waals surface area contributed by atoms with Crippen LogP contribution in [0.25, 0.3) is 11.3 Å². The highest BCUT2D eigenvalue weighted by Gasteiger charge is 2.30. The van der Waals surface area contributed by atoms with E-state index < -0.39 is 30.1 Å². The highest BCUT2D eigenvalue weighted by molar-refractivity contribution is 5.97. The molecular weight excluding hydrogens is 450 g/mol. The number of benzene rings is 2. The zero-order valence-corrected chi connectivity index (χ0v) is 19.5. The van der Waals surface area contributed by atoms with Crippen molar-refractivity contribution in [2.24, 2.45) is 5.92 Å². The summed E-state index contributed by atoms with van der Waals surface area (Å²) in [5.41, 5.74) is 2.60. The number of carbonyl (C=O) groups excluding carboxylic acids is 2. The molecule has 9 nitrogen and oxygen atoms in total. The highest BCUT2D eigenvalue weighted by Crippen LogP contribution is 2.34. The maximum Gasteiger partial charge on any atom is 0.412 e. The number of anilines is 1. The summed E-state index contributed by atoms with van der Waals surface area (Å²) < 4.78 is 10.9. The fourth-order valence-electron chi connectivity index (χ4n) is 3.72. The molecule has 3 aromatic rings. The Hall–Kier alpha value is -4.14. The van der Waals surface area contributed by atoms with Crippen LogP contribution in [-0.2, 0) is 9.53 Å². The topological polar surface area (TPSA) is 131 Å². The largest absolute Gasteiger partial charge is 0.480 e. The summed E-state index contributed by atoms with van der Waals surface area (Å²) in [6.07, 6.45) is 1.33. The molecule has 0 saturated heterocycles. The van der Waals surface area contributed by atoms with Crippen LogP contribution in [0.3, 0.4) is 0 Å². The van der Waals surface area contributed by atoms with Crippen molar-refractivity contribution in [2.45, 2.75) is 45.3 Å².